The van der Waals surface area contributed by atoms with Crippen molar-refractivity contribution in [1.29, 1.82) is 0 Å². The number of hydrogen-bond acceptors (Lipinski definition) is 3. The second-order valence-electron chi connectivity index (χ2n) is 5.59. The highest BCUT2D eigenvalue weighted by Gasteiger charge is 2.16. The van der Waals surface area contributed by atoms with Gasteiger partial charge < -0.3 is 10.6 Å². The van der Waals surface area contributed by atoms with Crippen LogP contribution in [0.3, 0.4) is 0 Å². The van der Waals surface area contributed by atoms with Crippen LogP contribution in [0, 0.1) is 23.3 Å². The summed E-state index contributed by atoms with van der Waals surface area (Å²) < 4.78 is 52.8. The van der Waals surface area contributed by atoms with Crippen LogP contribution >= 0.6 is 0 Å². The van der Waals surface area contributed by atoms with E-state index in [-0.39, 0.29) is 11.5 Å². The number of nitrogens with one attached hydrogen (secondary N) is 2. The Bertz CT molecular complexity index is 977. The van der Waals surface area contributed by atoms with Crippen LogP contribution < -0.4 is 10.6 Å². The van der Waals surface area contributed by atoms with E-state index >= 15 is 0 Å². The van der Waals surface area contributed by atoms with Crippen molar-refractivity contribution in [1.82, 2.24) is 4.98 Å². The fourth-order valence-electron chi connectivity index (χ4n) is 2.28. The first-order valence-corrected chi connectivity index (χ1v) is 7.83. The van der Waals surface area contributed by atoms with Gasteiger partial charge in [-0.3, -0.25) is 9.78 Å². The molecule has 2 aromatic carbocycles. The molecule has 0 unspecified atom stereocenters. The summed E-state index contributed by atoms with van der Waals surface area (Å²) in [5.74, 6) is -5.64. The number of pyridine rings is 1. The van der Waals surface area contributed by atoms with Crippen molar-refractivity contribution in [3.63, 3.8) is 0 Å². The molecule has 0 fully saturated rings. The number of halogens is 4. The number of anilines is 2. The zero-order chi connectivity index (χ0) is 19.4. The predicted molar refractivity (Wildman–Crippen MR) is 92.2 cm³/mol. The molecular weight excluding hydrogens is 362 g/mol. The number of amides is 1. The third-order valence-electron chi connectivity index (χ3n) is 3.69. The number of benzene rings is 2. The Morgan fingerprint density at radius 1 is 0.926 bits per heavy atom. The number of rotatable bonds is 5. The van der Waals surface area contributed by atoms with E-state index in [1.807, 2.05) is 0 Å². The molecule has 1 aromatic heterocycles. The lowest BCUT2D eigenvalue weighted by Gasteiger charge is -2.09. The lowest BCUT2D eigenvalue weighted by atomic mass is 10.2. The van der Waals surface area contributed by atoms with Crippen LogP contribution in [0.1, 0.15) is 16.1 Å². The number of hydrogen-bond donors (Lipinski definition) is 2. The molecule has 138 valence electrons. The van der Waals surface area contributed by atoms with Gasteiger partial charge in [0.2, 0.25) is 0 Å². The smallest absolute Gasteiger partial charge is 0.274 e. The van der Waals surface area contributed by atoms with E-state index in [9.17, 15) is 22.4 Å². The zero-order valence-electron chi connectivity index (χ0n) is 13.8. The number of nitrogens with zero attached hydrogens (tertiary/aromatic N) is 1. The van der Waals surface area contributed by atoms with Gasteiger partial charge in [0.1, 0.15) is 11.5 Å². The van der Waals surface area contributed by atoms with Crippen LogP contribution in [0.4, 0.5) is 28.9 Å². The van der Waals surface area contributed by atoms with E-state index in [1.54, 1.807) is 18.2 Å². The van der Waals surface area contributed by atoms with Crippen LogP contribution in [-0.2, 0) is 6.54 Å². The minimum absolute atomic E-state index is 0.0526. The number of carbonyl (C=O) groups excluding carboxylic acids is 1. The van der Waals surface area contributed by atoms with Gasteiger partial charge in [-0.05, 0) is 42.0 Å². The molecule has 0 radical (unpaired) electrons. The first-order valence-electron chi connectivity index (χ1n) is 7.83. The monoisotopic (exact) mass is 375 g/mol. The van der Waals surface area contributed by atoms with Crippen LogP contribution in [0.5, 0.6) is 0 Å². The molecule has 1 heterocycles. The summed E-state index contributed by atoms with van der Waals surface area (Å²) in [6, 6.07) is 10.5. The lowest BCUT2D eigenvalue weighted by molar-refractivity contribution is 0.102. The molecule has 27 heavy (non-hydrogen) atoms. The van der Waals surface area contributed by atoms with Gasteiger partial charge in [-0.15, -0.1) is 0 Å². The molecule has 8 heteroatoms. The highest BCUT2D eigenvalue weighted by molar-refractivity contribution is 6.03. The Labute approximate surface area is 151 Å². The summed E-state index contributed by atoms with van der Waals surface area (Å²) >= 11 is 0. The van der Waals surface area contributed by atoms with Gasteiger partial charge in [0, 0.05) is 18.4 Å². The minimum atomic E-state index is -1.67. The Balaban J connectivity index is 1.70. The topological polar surface area (TPSA) is 54.0 Å². The Morgan fingerprint density at radius 2 is 1.67 bits per heavy atom. The first kappa shape index (κ1) is 18.4. The Kier molecular flexibility index (Phi) is 5.35. The molecule has 0 saturated heterocycles. The zero-order valence-corrected chi connectivity index (χ0v) is 13.8. The van der Waals surface area contributed by atoms with Gasteiger partial charge in [0.25, 0.3) is 5.91 Å². The third-order valence-corrected chi connectivity index (χ3v) is 3.69. The van der Waals surface area contributed by atoms with Gasteiger partial charge in [-0.2, -0.15) is 0 Å². The molecular formula is C19H13F4N3O. The summed E-state index contributed by atoms with van der Waals surface area (Å²) in [7, 11) is 0. The van der Waals surface area contributed by atoms with Crippen molar-refractivity contribution < 1.29 is 22.4 Å². The summed E-state index contributed by atoms with van der Waals surface area (Å²) in [6.07, 6.45) is 1.36. The highest BCUT2D eigenvalue weighted by Crippen LogP contribution is 2.20. The second kappa shape index (κ2) is 7.86. The fraction of sp³-hybridized carbons (Fsp3) is 0.0526. The molecule has 0 bridgehead atoms. The minimum Gasteiger partial charge on any atom is -0.381 e. The molecule has 3 aromatic rings. The van der Waals surface area contributed by atoms with Crippen molar-refractivity contribution in [3.8, 4) is 0 Å². The van der Waals surface area contributed by atoms with Crippen molar-refractivity contribution in [2.75, 3.05) is 10.6 Å². The van der Waals surface area contributed by atoms with Gasteiger partial charge in [0.15, 0.2) is 17.5 Å². The molecule has 3 rings (SSSR count). The molecule has 0 aliphatic rings. The maximum absolute atomic E-state index is 13.7. The Morgan fingerprint density at radius 3 is 2.41 bits per heavy atom. The lowest BCUT2D eigenvalue weighted by Crippen LogP contribution is -2.15. The van der Waals surface area contributed by atoms with E-state index in [0.29, 0.717) is 18.3 Å². The van der Waals surface area contributed by atoms with Crippen LogP contribution in [0.15, 0.2) is 54.7 Å². The SMILES string of the molecule is O=C(Nc1ccc(F)c(F)c1F)c1cc(NCc2ccc(F)cc2)ccn1. The summed E-state index contributed by atoms with van der Waals surface area (Å²) in [5.41, 5.74) is 0.821. The molecule has 0 aliphatic carbocycles. The van der Waals surface area contributed by atoms with Crippen molar-refractivity contribution in [2.45, 2.75) is 6.54 Å². The standard InChI is InChI=1S/C19H13F4N3O/c20-12-3-1-11(2-4-12)10-25-13-7-8-24-16(9-13)19(27)26-15-6-5-14(21)17(22)18(15)23/h1-9H,10H2,(H,24,25)(H,26,27). The third kappa shape index (κ3) is 4.41. The first-order chi connectivity index (χ1) is 12.9. The molecule has 1 amide bonds. The van der Waals surface area contributed by atoms with Crippen LogP contribution in [0.25, 0.3) is 0 Å². The van der Waals surface area contributed by atoms with Gasteiger partial charge in [-0.1, -0.05) is 12.1 Å². The van der Waals surface area contributed by atoms with E-state index in [0.717, 1.165) is 11.6 Å². The molecule has 0 saturated carbocycles. The van der Waals surface area contributed by atoms with Crippen LogP contribution in [0.2, 0.25) is 0 Å². The molecule has 0 spiro atoms. The average Bonchev–Trinajstić information content (AvgIpc) is 2.68. The van der Waals surface area contributed by atoms with E-state index in [4.69, 9.17) is 0 Å². The van der Waals surface area contributed by atoms with Crippen molar-refractivity contribution in [2.24, 2.45) is 0 Å². The van der Waals surface area contributed by atoms with Crippen molar-refractivity contribution >= 4 is 17.3 Å². The molecule has 2 N–H and O–H groups in total. The Hall–Kier alpha value is -3.42. The van der Waals surface area contributed by atoms with Gasteiger partial charge in [-0.25, -0.2) is 17.6 Å². The highest BCUT2D eigenvalue weighted by atomic mass is 19.2. The maximum atomic E-state index is 13.7. The molecule has 4 nitrogen and oxygen atoms in total. The van der Waals surface area contributed by atoms with E-state index in [1.165, 1.54) is 24.4 Å². The number of aromatic nitrogens is 1. The number of carbonyl (C=O) groups is 1. The summed E-state index contributed by atoms with van der Waals surface area (Å²) in [6.45, 7) is 0.378. The predicted octanol–water partition coefficient (Wildman–Crippen LogP) is 4.50. The quantitative estimate of drug-likeness (QED) is 0.510. The largest absolute Gasteiger partial charge is 0.381 e. The fourth-order valence-corrected chi connectivity index (χ4v) is 2.28. The second-order valence-corrected chi connectivity index (χ2v) is 5.59. The normalized spacial score (nSPS) is 10.5. The van der Waals surface area contributed by atoms with E-state index in [2.05, 4.69) is 15.6 Å². The van der Waals surface area contributed by atoms with Crippen molar-refractivity contribution in [3.05, 3.63) is 89.3 Å². The maximum Gasteiger partial charge on any atom is 0.274 e. The summed E-state index contributed by atoms with van der Waals surface area (Å²) in [4.78, 5) is 16.1. The average molecular weight is 375 g/mol. The molecule has 0 atom stereocenters. The van der Waals surface area contributed by atoms with Gasteiger partial charge >= 0.3 is 0 Å². The van der Waals surface area contributed by atoms with Crippen LogP contribution in [-0.4, -0.2) is 10.9 Å². The molecule has 0 aliphatic heterocycles. The summed E-state index contributed by atoms with van der Waals surface area (Å²) in [5, 5.41) is 5.19. The van der Waals surface area contributed by atoms with Gasteiger partial charge in [0.05, 0.1) is 5.69 Å². The van der Waals surface area contributed by atoms with E-state index < -0.39 is 29.0 Å².